The van der Waals surface area contributed by atoms with Crippen molar-refractivity contribution in [3.05, 3.63) is 109 Å². The summed E-state index contributed by atoms with van der Waals surface area (Å²) in [6.07, 6.45) is 3.76. The molecule has 0 radical (unpaired) electrons. The Balaban J connectivity index is 0.000000552. The topological polar surface area (TPSA) is 25.8 Å². The number of nitrogens with zero attached hydrogens (tertiary/aromatic N) is 2. The summed E-state index contributed by atoms with van der Waals surface area (Å²) in [5.41, 5.74) is 2.21. The molecule has 0 unspecified atom stereocenters. The van der Waals surface area contributed by atoms with Crippen molar-refractivity contribution >= 4 is 56.3 Å². The zero-order chi connectivity index (χ0) is 20.5. The number of rotatable bonds is 4. The van der Waals surface area contributed by atoms with Gasteiger partial charge in [0.25, 0.3) is 0 Å². The maximum absolute atomic E-state index is 4.95. The summed E-state index contributed by atoms with van der Waals surface area (Å²) in [6, 6.07) is 33.7. The predicted molar refractivity (Wildman–Crippen MR) is 126 cm³/mol. The normalized spacial score (nSPS) is 11.8. The Morgan fingerprint density at radius 3 is 1.17 bits per heavy atom. The zero-order valence-corrected chi connectivity index (χ0v) is 20.7. The van der Waals surface area contributed by atoms with Crippen molar-refractivity contribution in [2.24, 2.45) is 0 Å². The number of halogens is 3. The summed E-state index contributed by atoms with van der Waals surface area (Å²) in [5, 5.41) is 2.58. The molecule has 0 fully saturated rings. The minimum atomic E-state index is -2.52. The number of hydrogen-bond acceptors (Lipinski definition) is 2. The third kappa shape index (κ3) is 5.48. The van der Waals surface area contributed by atoms with Gasteiger partial charge in [-0.15, -0.1) is 0 Å². The van der Waals surface area contributed by atoms with Gasteiger partial charge < -0.3 is 0 Å². The molecule has 0 spiro atoms. The SMILES string of the molecule is [Cl][Au]([Cl])[Cl].c1ccc([PH](c2ccccc2)(c2ccccn2)c2ccccn2)cc1. The Morgan fingerprint density at radius 1 is 0.517 bits per heavy atom. The van der Waals surface area contributed by atoms with E-state index in [0.29, 0.717) is 0 Å². The van der Waals surface area contributed by atoms with Gasteiger partial charge in [0, 0.05) is 0 Å². The first-order chi connectivity index (χ1) is 14.2. The second-order valence-corrected chi connectivity index (χ2v) is 19.1. The van der Waals surface area contributed by atoms with Crippen molar-refractivity contribution < 1.29 is 15.2 Å². The van der Waals surface area contributed by atoms with Crippen LogP contribution < -0.4 is 21.5 Å². The molecule has 0 aliphatic carbocycles. The van der Waals surface area contributed by atoms with Gasteiger partial charge in [0.2, 0.25) is 0 Å². The third-order valence-corrected chi connectivity index (χ3v) is 9.04. The Hall–Kier alpha value is -1.22. The molecule has 154 valence electrons. The van der Waals surface area contributed by atoms with Crippen molar-refractivity contribution in [2.75, 3.05) is 0 Å². The molecule has 7 heteroatoms. The minimum absolute atomic E-state index is 1.10. The average Bonchev–Trinajstić information content (AvgIpc) is 2.77. The Bertz CT molecular complexity index is 825. The average molecular weight is 646 g/mol. The predicted octanol–water partition coefficient (Wildman–Crippen LogP) is 4.89. The van der Waals surface area contributed by atoms with E-state index >= 15 is 0 Å². The molecule has 4 rings (SSSR count). The van der Waals surface area contributed by atoms with Crippen LogP contribution in [-0.4, -0.2) is 9.97 Å². The molecule has 2 heterocycles. The Kier molecular flexibility index (Phi) is 8.71. The summed E-state index contributed by atoms with van der Waals surface area (Å²) >= 11 is -1.79. The van der Waals surface area contributed by atoms with Gasteiger partial charge in [0.1, 0.15) is 0 Å². The van der Waals surface area contributed by atoms with Gasteiger partial charge in [-0.1, -0.05) is 0 Å². The van der Waals surface area contributed by atoms with Gasteiger partial charge >= 0.3 is 191 Å². The second kappa shape index (κ2) is 11.2. The first-order valence-electron chi connectivity index (χ1n) is 8.70. The van der Waals surface area contributed by atoms with Crippen molar-refractivity contribution in [1.29, 1.82) is 0 Å². The van der Waals surface area contributed by atoms with Gasteiger partial charge in [0.05, 0.1) is 0 Å². The zero-order valence-electron chi connectivity index (χ0n) is 15.2. The van der Waals surface area contributed by atoms with E-state index < -0.39 is 22.5 Å². The van der Waals surface area contributed by atoms with E-state index in [0.717, 1.165) is 10.9 Å². The molecule has 29 heavy (non-hydrogen) atoms. The van der Waals surface area contributed by atoms with E-state index in [2.05, 4.69) is 84.9 Å². The molecule has 0 aliphatic rings. The first kappa shape index (κ1) is 22.5. The van der Waals surface area contributed by atoms with Crippen LogP contribution in [0.3, 0.4) is 0 Å². The van der Waals surface area contributed by atoms with E-state index in [9.17, 15) is 0 Å². The Labute approximate surface area is 189 Å². The molecular weight excluding hydrogens is 627 g/mol. The fraction of sp³-hybridized carbons (Fsp3) is 0. The van der Waals surface area contributed by atoms with E-state index in [1.807, 2.05) is 24.5 Å². The number of aromatic nitrogens is 2. The van der Waals surface area contributed by atoms with E-state index in [-0.39, 0.29) is 0 Å². The Morgan fingerprint density at radius 2 is 0.862 bits per heavy atom. The van der Waals surface area contributed by atoms with Crippen LogP contribution in [0.4, 0.5) is 0 Å². The summed E-state index contributed by atoms with van der Waals surface area (Å²) in [4.78, 5) is 9.60. The quantitative estimate of drug-likeness (QED) is 0.234. The molecule has 0 N–H and O–H groups in total. The monoisotopic (exact) mass is 644 g/mol. The summed E-state index contributed by atoms with van der Waals surface area (Å²) in [7, 11) is 12.3. The third-order valence-electron chi connectivity index (χ3n) is 4.51. The molecule has 0 bridgehead atoms. The number of benzene rings is 2. The van der Waals surface area contributed by atoms with Crippen LogP contribution >= 0.6 is 34.8 Å². The summed E-state index contributed by atoms with van der Waals surface area (Å²) < 4.78 is 0. The van der Waals surface area contributed by atoms with Gasteiger partial charge in [-0.05, 0) is 0 Å². The van der Waals surface area contributed by atoms with Crippen LogP contribution in [0.15, 0.2) is 109 Å². The van der Waals surface area contributed by atoms with Crippen LogP contribution in [0.5, 0.6) is 0 Å². The fourth-order valence-corrected chi connectivity index (χ4v) is 7.83. The van der Waals surface area contributed by atoms with Crippen molar-refractivity contribution in [2.45, 2.75) is 0 Å². The molecule has 0 aliphatic heterocycles. The molecule has 0 amide bonds. The van der Waals surface area contributed by atoms with Crippen LogP contribution in [0.2, 0.25) is 0 Å². The molecule has 0 atom stereocenters. The van der Waals surface area contributed by atoms with Gasteiger partial charge in [0.15, 0.2) is 0 Å². The van der Waals surface area contributed by atoms with E-state index in [1.54, 1.807) is 0 Å². The van der Waals surface area contributed by atoms with Crippen LogP contribution in [0, 0.1) is 0 Å². The van der Waals surface area contributed by atoms with Gasteiger partial charge in [-0.25, -0.2) is 0 Å². The van der Waals surface area contributed by atoms with Gasteiger partial charge in [-0.2, -0.15) is 0 Å². The fourth-order valence-electron chi connectivity index (χ4n) is 3.43. The van der Waals surface area contributed by atoms with E-state index in [1.165, 1.54) is 10.6 Å². The molecule has 2 nitrogen and oxygen atoms in total. The summed E-state index contributed by atoms with van der Waals surface area (Å²) in [6.45, 7) is 0. The van der Waals surface area contributed by atoms with Gasteiger partial charge in [-0.3, -0.25) is 0 Å². The maximum atomic E-state index is 4.95. The molecule has 0 saturated heterocycles. The van der Waals surface area contributed by atoms with E-state index in [4.69, 9.17) is 37.5 Å². The first-order valence-corrected chi connectivity index (χ1v) is 18.8. The molecule has 2 aromatic carbocycles. The molecule has 4 aromatic rings. The molecule has 2 aromatic heterocycles. The van der Waals surface area contributed by atoms with Crippen molar-refractivity contribution in [1.82, 2.24) is 9.97 Å². The molecule has 0 saturated carbocycles. The van der Waals surface area contributed by atoms with Crippen LogP contribution in [-0.2, 0) is 15.2 Å². The second-order valence-electron chi connectivity index (χ2n) is 6.04. The standard InChI is InChI=1S/C22H19N2P.Au.3ClH/c1-3-11-19(12-4-1)25(20-13-5-2-6-14-20,21-15-7-9-17-23-21)22-16-8-10-18-24-22;;;;/h1-18,25H;;3*1H/q;+3;;;/p-3. The van der Waals surface area contributed by atoms with Crippen molar-refractivity contribution in [3.8, 4) is 0 Å². The van der Waals surface area contributed by atoms with Crippen LogP contribution in [0.25, 0.3) is 0 Å². The number of pyridine rings is 2. The summed E-state index contributed by atoms with van der Waals surface area (Å²) in [5.74, 6) is 0. The number of hydrogen-bond donors (Lipinski definition) is 0. The van der Waals surface area contributed by atoms with Crippen LogP contribution in [0.1, 0.15) is 0 Å². The molecular formula is C22H19AuCl3N2P. The van der Waals surface area contributed by atoms with Crippen molar-refractivity contribution in [3.63, 3.8) is 0 Å².